The Morgan fingerprint density at radius 2 is 1.02 bits per heavy atom. The van der Waals surface area contributed by atoms with Gasteiger partial charge in [0.15, 0.2) is 6.10 Å². The topological polar surface area (TPSA) is 113 Å². The van der Waals surface area contributed by atoms with Gasteiger partial charge in [0.2, 0.25) is 0 Å². The number of carbonyl (C=O) groups is 2. The second-order valence-electron chi connectivity index (χ2n) is 14.6. The van der Waals surface area contributed by atoms with Gasteiger partial charge in [-0.25, -0.2) is 0 Å². The quantitative estimate of drug-likeness (QED) is 0.0336. The number of ether oxygens (including phenoxy) is 2. The van der Waals surface area contributed by atoms with Crippen LogP contribution in [0.3, 0.4) is 0 Å². The van der Waals surface area contributed by atoms with E-state index < -0.39 is 24.8 Å². The summed E-state index contributed by atoms with van der Waals surface area (Å²) >= 11 is 0. The van der Waals surface area contributed by atoms with E-state index in [9.17, 15) is 24.9 Å². The van der Waals surface area contributed by atoms with Crippen LogP contribution in [-0.4, -0.2) is 58.8 Å². The van der Waals surface area contributed by atoms with Crippen LogP contribution < -0.4 is 0 Å². The van der Waals surface area contributed by atoms with E-state index in [-0.39, 0.29) is 25.1 Å². The second-order valence-corrected chi connectivity index (χ2v) is 14.6. The van der Waals surface area contributed by atoms with Crippen LogP contribution >= 0.6 is 0 Å². The van der Waals surface area contributed by atoms with E-state index in [1.165, 1.54) is 83.5 Å². The summed E-state index contributed by atoms with van der Waals surface area (Å²) in [6.07, 6.45) is 39.6. The Morgan fingerprint density at radius 1 is 0.569 bits per heavy atom. The summed E-state index contributed by atoms with van der Waals surface area (Å²) in [6, 6.07) is 0. The van der Waals surface area contributed by atoms with Gasteiger partial charge in [0.05, 0.1) is 18.8 Å². The van der Waals surface area contributed by atoms with Crippen LogP contribution in [0.15, 0.2) is 48.6 Å². The van der Waals surface area contributed by atoms with Crippen LogP contribution in [0.4, 0.5) is 0 Å². The number of rotatable bonds is 36. The molecule has 0 bridgehead atoms. The Morgan fingerprint density at radius 3 is 1.51 bits per heavy atom. The van der Waals surface area contributed by atoms with Crippen molar-refractivity contribution < 1.29 is 34.4 Å². The maximum atomic E-state index is 12.2. The van der Waals surface area contributed by atoms with Crippen molar-refractivity contribution >= 4 is 11.9 Å². The summed E-state index contributed by atoms with van der Waals surface area (Å²) < 4.78 is 10.5. The predicted octanol–water partition coefficient (Wildman–Crippen LogP) is 10.8. The average molecular weight is 719 g/mol. The van der Waals surface area contributed by atoms with Crippen molar-refractivity contribution in [1.82, 2.24) is 0 Å². The van der Waals surface area contributed by atoms with Crippen molar-refractivity contribution in [3.63, 3.8) is 0 Å². The molecule has 0 saturated heterocycles. The molecule has 296 valence electrons. The van der Waals surface area contributed by atoms with Crippen molar-refractivity contribution in [2.75, 3.05) is 13.2 Å². The van der Waals surface area contributed by atoms with Crippen LogP contribution in [0.1, 0.15) is 181 Å². The number of aliphatic hydroxyl groups excluding tert-OH is 3. The highest BCUT2D eigenvalue weighted by Crippen LogP contribution is 2.15. The fourth-order valence-electron chi connectivity index (χ4n) is 5.78. The van der Waals surface area contributed by atoms with Gasteiger partial charge in [-0.1, -0.05) is 185 Å². The van der Waals surface area contributed by atoms with Crippen molar-refractivity contribution in [3.05, 3.63) is 48.6 Å². The Balaban J connectivity index is 3.76. The third-order valence-corrected chi connectivity index (χ3v) is 9.01. The SMILES string of the molecule is CCCCC[C@H](O)/C=C/C=C\C/C=C\C=C\[C@H](O)CCCC(=O)OC[C@H](CO)OC(=O)CCCCCCCCCCCCCCCCCC(C)C. The number of carbonyl (C=O) groups excluding carboxylic acids is 2. The zero-order chi connectivity index (χ0) is 37.6. The summed E-state index contributed by atoms with van der Waals surface area (Å²) in [7, 11) is 0. The fraction of sp³-hybridized carbons (Fsp3) is 0.773. The number of esters is 2. The normalized spacial score (nSPS) is 14.0. The molecule has 7 nitrogen and oxygen atoms in total. The first-order valence-corrected chi connectivity index (χ1v) is 20.8. The smallest absolute Gasteiger partial charge is 0.306 e. The molecule has 3 N–H and O–H groups in total. The highest BCUT2D eigenvalue weighted by molar-refractivity contribution is 5.70. The molecule has 0 amide bonds. The summed E-state index contributed by atoms with van der Waals surface area (Å²) in [6.45, 7) is 6.20. The molecule has 0 radical (unpaired) electrons. The summed E-state index contributed by atoms with van der Waals surface area (Å²) in [5.41, 5.74) is 0. The Bertz CT molecular complexity index is 907. The van der Waals surface area contributed by atoms with E-state index in [2.05, 4.69) is 20.8 Å². The molecule has 0 spiro atoms. The summed E-state index contributed by atoms with van der Waals surface area (Å²) in [5, 5.41) is 29.5. The highest BCUT2D eigenvalue weighted by Gasteiger charge is 2.16. The number of hydrogen-bond donors (Lipinski definition) is 3. The summed E-state index contributed by atoms with van der Waals surface area (Å²) in [5.74, 6) is 0.0261. The molecule has 7 heteroatoms. The molecule has 0 aliphatic rings. The van der Waals surface area contributed by atoms with Crippen LogP contribution in [0.25, 0.3) is 0 Å². The number of unbranched alkanes of at least 4 members (excludes halogenated alkanes) is 16. The number of allylic oxidation sites excluding steroid dienone is 6. The highest BCUT2D eigenvalue weighted by atomic mass is 16.6. The minimum atomic E-state index is -0.857. The largest absolute Gasteiger partial charge is 0.462 e. The van der Waals surface area contributed by atoms with Gasteiger partial charge in [-0.15, -0.1) is 0 Å². The molecule has 51 heavy (non-hydrogen) atoms. The second kappa shape index (κ2) is 37.5. The lowest BCUT2D eigenvalue weighted by atomic mass is 10.0. The van der Waals surface area contributed by atoms with Gasteiger partial charge in [0.25, 0.3) is 0 Å². The standard InChI is InChI=1S/C44H78O7/c1-4-5-24-31-40(46)32-26-21-17-15-18-22-27-33-41(47)34-29-36-43(48)50-38-42(37-45)51-44(49)35-28-23-19-14-12-10-8-6-7-9-11-13-16-20-25-30-39(2)3/h17-18,21-22,26-27,32-33,39-42,45-47H,4-16,19-20,23-25,28-31,34-38H2,1-3H3/b21-17-,22-18-,32-26+,33-27+/t40-,41-,42-/m0/s1. The van der Waals surface area contributed by atoms with Crippen LogP contribution in [0, 0.1) is 5.92 Å². The molecule has 0 aliphatic carbocycles. The molecular formula is C44H78O7. The molecule has 0 fully saturated rings. The Labute approximate surface area is 313 Å². The third-order valence-electron chi connectivity index (χ3n) is 9.01. The van der Waals surface area contributed by atoms with Crippen molar-refractivity contribution in [3.8, 4) is 0 Å². The van der Waals surface area contributed by atoms with Gasteiger partial charge < -0.3 is 24.8 Å². The van der Waals surface area contributed by atoms with Crippen molar-refractivity contribution in [1.29, 1.82) is 0 Å². The van der Waals surface area contributed by atoms with Crippen LogP contribution in [0.2, 0.25) is 0 Å². The monoisotopic (exact) mass is 719 g/mol. The van der Waals surface area contributed by atoms with Gasteiger partial charge in [-0.05, 0) is 38.0 Å². The molecule has 0 aromatic rings. The molecule has 0 aromatic heterocycles. The van der Waals surface area contributed by atoms with Gasteiger partial charge in [0.1, 0.15) is 6.61 Å². The minimum absolute atomic E-state index is 0.136. The zero-order valence-electron chi connectivity index (χ0n) is 33.0. The lowest BCUT2D eigenvalue weighted by Gasteiger charge is -2.16. The van der Waals surface area contributed by atoms with E-state index in [4.69, 9.17) is 9.47 Å². The van der Waals surface area contributed by atoms with Gasteiger partial charge >= 0.3 is 11.9 Å². The summed E-state index contributed by atoms with van der Waals surface area (Å²) in [4.78, 5) is 24.3. The van der Waals surface area contributed by atoms with Crippen LogP contribution in [0.5, 0.6) is 0 Å². The van der Waals surface area contributed by atoms with Gasteiger partial charge in [0, 0.05) is 12.8 Å². The third kappa shape index (κ3) is 37.3. The predicted molar refractivity (Wildman–Crippen MR) is 212 cm³/mol. The maximum Gasteiger partial charge on any atom is 0.306 e. The van der Waals surface area contributed by atoms with Crippen LogP contribution in [-0.2, 0) is 19.1 Å². The van der Waals surface area contributed by atoms with E-state index in [0.717, 1.165) is 57.3 Å². The Kier molecular flexibility index (Phi) is 35.9. The van der Waals surface area contributed by atoms with Crippen molar-refractivity contribution in [2.45, 2.75) is 200 Å². The molecular weight excluding hydrogens is 640 g/mol. The van der Waals surface area contributed by atoms with E-state index in [1.54, 1.807) is 12.2 Å². The lowest BCUT2D eigenvalue weighted by Crippen LogP contribution is -2.28. The molecule has 0 heterocycles. The molecule has 0 aromatic carbocycles. The number of aliphatic hydroxyl groups is 3. The lowest BCUT2D eigenvalue weighted by molar-refractivity contribution is -0.161. The van der Waals surface area contributed by atoms with Crippen molar-refractivity contribution in [2.24, 2.45) is 5.92 Å². The fourth-order valence-corrected chi connectivity index (χ4v) is 5.78. The average Bonchev–Trinajstić information content (AvgIpc) is 3.10. The van der Waals surface area contributed by atoms with E-state index >= 15 is 0 Å². The van der Waals surface area contributed by atoms with Gasteiger partial charge in [-0.3, -0.25) is 9.59 Å². The van der Waals surface area contributed by atoms with Gasteiger partial charge in [-0.2, -0.15) is 0 Å². The molecule has 0 rings (SSSR count). The molecule has 0 saturated carbocycles. The molecule has 0 unspecified atom stereocenters. The molecule has 3 atom stereocenters. The zero-order valence-corrected chi connectivity index (χ0v) is 33.0. The first-order chi connectivity index (χ1) is 24.8. The van der Waals surface area contributed by atoms with E-state index in [1.807, 2.05) is 36.5 Å². The minimum Gasteiger partial charge on any atom is -0.462 e. The number of hydrogen-bond acceptors (Lipinski definition) is 7. The molecule has 0 aliphatic heterocycles. The maximum absolute atomic E-state index is 12.2. The first-order valence-electron chi connectivity index (χ1n) is 20.8. The Hall–Kier alpha value is -2.22. The van der Waals surface area contributed by atoms with E-state index in [0.29, 0.717) is 19.3 Å². The first kappa shape index (κ1) is 48.8.